The Labute approximate surface area is 141 Å². The second-order valence-electron chi connectivity index (χ2n) is 6.78. The third kappa shape index (κ3) is 2.98. The van der Waals surface area contributed by atoms with E-state index in [1.165, 1.54) is 12.1 Å². The first-order valence-electron chi connectivity index (χ1n) is 7.72. The Morgan fingerprint density at radius 2 is 1.83 bits per heavy atom. The van der Waals surface area contributed by atoms with Gasteiger partial charge in [0.25, 0.3) is 10.1 Å². The van der Waals surface area contributed by atoms with Crippen LogP contribution in [0.4, 0.5) is 0 Å². The molecule has 2 aliphatic heterocycles. The molecule has 0 aliphatic carbocycles. The average molecular weight is 358 g/mol. The lowest BCUT2D eigenvalue weighted by atomic mass is 9.98. The Morgan fingerprint density at radius 1 is 1.21 bits per heavy atom. The molecule has 1 aromatic carbocycles. The summed E-state index contributed by atoms with van der Waals surface area (Å²) in [6.07, 6.45) is -2.71. The maximum atomic E-state index is 12.6. The first kappa shape index (κ1) is 17.8. The van der Waals surface area contributed by atoms with Gasteiger partial charge in [0.15, 0.2) is 12.1 Å². The van der Waals surface area contributed by atoms with Crippen molar-refractivity contribution in [2.24, 2.45) is 0 Å². The molecule has 2 aliphatic rings. The van der Waals surface area contributed by atoms with Gasteiger partial charge >= 0.3 is 0 Å². The highest BCUT2D eigenvalue weighted by molar-refractivity contribution is 7.86. The molecule has 2 heterocycles. The molecular weight excluding hydrogens is 336 g/mol. The van der Waals surface area contributed by atoms with Crippen LogP contribution in [0.15, 0.2) is 29.2 Å². The van der Waals surface area contributed by atoms with Gasteiger partial charge in [-0.1, -0.05) is 17.7 Å². The van der Waals surface area contributed by atoms with Gasteiger partial charge in [-0.05, 0) is 39.8 Å². The van der Waals surface area contributed by atoms with Crippen molar-refractivity contribution >= 4 is 10.1 Å². The fraction of sp³-hybridized carbons (Fsp3) is 0.625. The van der Waals surface area contributed by atoms with Gasteiger partial charge in [0.1, 0.15) is 17.8 Å². The zero-order valence-corrected chi connectivity index (χ0v) is 14.9. The highest BCUT2D eigenvalue weighted by Crippen LogP contribution is 2.47. The van der Waals surface area contributed by atoms with Crippen LogP contribution in [-0.2, 0) is 28.5 Å². The predicted molar refractivity (Wildman–Crippen MR) is 83.6 cm³/mol. The summed E-state index contributed by atoms with van der Waals surface area (Å²) >= 11 is 0. The third-order valence-corrected chi connectivity index (χ3v) is 5.56. The molecule has 1 aromatic rings. The van der Waals surface area contributed by atoms with Crippen LogP contribution in [0.1, 0.15) is 26.3 Å². The van der Waals surface area contributed by atoms with E-state index in [-0.39, 0.29) is 4.90 Å². The van der Waals surface area contributed by atoms with E-state index in [1.807, 2.05) is 6.92 Å². The van der Waals surface area contributed by atoms with Gasteiger partial charge in [-0.15, -0.1) is 0 Å². The number of ether oxygens (including phenoxy) is 3. The van der Waals surface area contributed by atoms with Crippen LogP contribution in [0, 0.1) is 6.92 Å². The number of aliphatic hydroxyl groups is 1. The van der Waals surface area contributed by atoms with E-state index in [2.05, 4.69) is 0 Å². The monoisotopic (exact) mass is 358 g/mol. The largest absolute Gasteiger partial charge is 0.394 e. The molecule has 0 saturated carbocycles. The lowest BCUT2D eigenvalue weighted by Crippen LogP contribution is -2.48. The van der Waals surface area contributed by atoms with E-state index in [0.29, 0.717) is 0 Å². The Morgan fingerprint density at radius 3 is 2.42 bits per heavy atom. The molecule has 8 heteroatoms. The minimum atomic E-state index is -4.04. The SMILES string of the molecule is Cc1ccc(S(=O)(=O)O[C@@H]2[C@@H](CO)OC3OC(C)(C)O[C@@]32C)cc1. The molecule has 7 nitrogen and oxygen atoms in total. The number of fused-ring (bicyclic) bond motifs is 1. The molecule has 24 heavy (non-hydrogen) atoms. The van der Waals surface area contributed by atoms with Gasteiger partial charge in [-0.3, -0.25) is 4.18 Å². The van der Waals surface area contributed by atoms with Crippen molar-refractivity contribution in [1.29, 1.82) is 0 Å². The first-order valence-corrected chi connectivity index (χ1v) is 9.12. The minimum absolute atomic E-state index is 0.0371. The number of hydrogen-bond donors (Lipinski definition) is 1. The van der Waals surface area contributed by atoms with Crippen molar-refractivity contribution in [2.75, 3.05) is 6.61 Å². The van der Waals surface area contributed by atoms with Crippen molar-refractivity contribution in [1.82, 2.24) is 0 Å². The highest BCUT2D eigenvalue weighted by atomic mass is 32.2. The number of hydrogen-bond acceptors (Lipinski definition) is 7. The number of aliphatic hydroxyl groups excluding tert-OH is 1. The summed E-state index contributed by atoms with van der Waals surface area (Å²) in [5, 5.41) is 9.53. The van der Waals surface area contributed by atoms with E-state index in [4.69, 9.17) is 18.4 Å². The molecule has 0 spiro atoms. The molecule has 2 fully saturated rings. The molecule has 134 valence electrons. The third-order valence-electron chi connectivity index (χ3n) is 4.25. The normalized spacial score (nSPS) is 35.1. The molecule has 4 atom stereocenters. The number of benzene rings is 1. The van der Waals surface area contributed by atoms with Gasteiger partial charge in [0.05, 0.1) is 11.5 Å². The quantitative estimate of drug-likeness (QED) is 0.812. The summed E-state index contributed by atoms with van der Waals surface area (Å²) in [7, 11) is -4.04. The van der Waals surface area contributed by atoms with Crippen LogP contribution in [0.3, 0.4) is 0 Å². The smallest absolute Gasteiger partial charge is 0.297 e. The first-order chi connectivity index (χ1) is 11.1. The fourth-order valence-electron chi connectivity index (χ4n) is 3.12. The van der Waals surface area contributed by atoms with Crippen LogP contribution in [0.5, 0.6) is 0 Å². The molecule has 1 unspecified atom stereocenters. The van der Waals surface area contributed by atoms with Crippen molar-refractivity contribution in [2.45, 2.75) is 62.5 Å². The Kier molecular flexibility index (Phi) is 4.26. The van der Waals surface area contributed by atoms with Crippen molar-refractivity contribution in [3.05, 3.63) is 29.8 Å². The summed E-state index contributed by atoms with van der Waals surface area (Å²) in [6.45, 7) is 6.53. The molecule has 2 saturated heterocycles. The average Bonchev–Trinajstić information content (AvgIpc) is 2.85. The van der Waals surface area contributed by atoms with E-state index in [9.17, 15) is 13.5 Å². The molecule has 0 bridgehead atoms. The van der Waals surface area contributed by atoms with Crippen LogP contribution in [0.25, 0.3) is 0 Å². The molecular formula is C16H22O7S. The lowest BCUT2D eigenvalue weighted by molar-refractivity contribution is -0.220. The Balaban J connectivity index is 1.90. The standard InChI is InChI=1S/C16H22O7S/c1-10-5-7-11(8-6-10)24(18,19)22-13-12(9-17)20-14-16(13,4)23-15(2,3)21-14/h5-8,12-14,17H,9H2,1-4H3/t12-,13-,14?,16-/m1/s1. The zero-order valence-electron chi connectivity index (χ0n) is 14.1. The minimum Gasteiger partial charge on any atom is -0.394 e. The number of aryl methyl sites for hydroxylation is 1. The Hall–Kier alpha value is -1.03. The van der Waals surface area contributed by atoms with Crippen LogP contribution in [0.2, 0.25) is 0 Å². The summed E-state index contributed by atoms with van der Waals surface area (Å²) in [5.74, 6) is -0.935. The second-order valence-corrected chi connectivity index (χ2v) is 8.35. The number of rotatable bonds is 4. The van der Waals surface area contributed by atoms with E-state index < -0.39 is 46.6 Å². The van der Waals surface area contributed by atoms with Gasteiger partial charge in [-0.2, -0.15) is 8.42 Å². The second kappa shape index (κ2) is 5.76. The van der Waals surface area contributed by atoms with Crippen LogP contribution < -0.4 is 0 Å². The summed E-state index contributed by atoms with van der Waals surface area (Å²) in [6, 6.07) is 6.33. The molecule has 0 aromatic heterocycles. The molecule has 1 N–H and O–H groups in total. The predicted octanol–water partition coefficient (Wildman–Crippen LogP) is 1.33. The van der Waals surface area contributed by atoms with Gasteiger partial charge < -0.3 is 19.3 Å². The molecule has 0 amide bonds. The van der Waals surface area contributed by atoms with Crippen molar-refractivity contribution in [3.8, 4) is 0 Å². The highest BCUT2D eigenvalue weighted by Gasteiger charge is 2.64. The summed E-state index contributed by atoms with van der Waals surface area (Å²) in [4.78, 5) is 0.0371. The van der Waals surface area contributed by atoms with E-state index in [0.717, 1.165) is 5.56 Å². The summed E-state index contributed by atoms with van der Waals surface area (Å²) in [5.41, 5.74) is -0.207. The maximum absolute atomic E-state index is 12.6. The molecule has 0 radical (unpaired) electrons. The zero-order chi connectivity index (χ0) is 17.8. The van der Waals surface area contributed by atoms with Gasteiger partial charge in [-0.25, -0.2) is 0 Å². The lowest BCUT2D eigenvalue weighted by Gasteiger charge is -2.30. The van der Waals surface area contributed by atoms with Crippen LogP contribution >= 0.6 is 0 Å². The summed E-state index contributed by atoms with van der Waals surface area (Å²) < 4.78 is 47.7. The van der Waals surface area contributed by atoms with E-state index >= 15 is 0 Å². The van der Waals surface area contributed by atoms with Gasteiger partial charge in [0.2, 0.25) is 0 Å². The van der Waals surface area contributed by atoms with Gasteiger partial charge in [0, 0.05) is 0 Å². The van der Waals surface area contributed by atoms with Crippen LogP contribution in [-0.4, -0.2) is 50.0 Å². The Bertz CT molecular complexity index is 712. The van der Waals surface area contributed by atoms with E-state index in [1.54, 1.807) is 32.9 Å². The fourth-order valence-corrected chi connectivity index (χ4v) is 4.29. The van der Waals surface area contributed by atoms with Crippen molar-refractivity contribution in [3.63, 3.8) is 0 Å². The topological polar surface area (TPSA) is 91.3 Å². The van der Waals surface area contributed by atoms with Crippen molar-refractivity contribution < 1.29 is 31.9 Å². The molecule has 3 rings (SSSR count). The maximum Gasteiger partial charge on any atom is 0.297 e.